The minimum Gasteiger partial charge on any atom is -0.497 e. The van der Waals surface area contributed by atoms with Gasteiger partial charge in [-0.05, 0) is 36.4 Å². The van der Waals surface area contributed by atoms with Gasteiger partial charge in [-0.2, -0.15) is 0 Å². The zero-order chi connectivity index (χ0) is 14.5. The van der Waals surface area contributed by atoms with E-state index in [-0.39, 0.29) is 5.82 Å². The number of alkyl halides is 1. The molecule has 0 amide bonds. The van der Waals surface area contributed by atoms with Gasteiger partial charge in [0.25, 0.3) is 0 Å². The molecule has 0 aromatic heterocycles. The molecular weight excluding hydrogens is 391 g/mol. The average Bonchev–Trinajstić information content (AvgIpc) is 2.47. The molecule has 2 aromatic carbocycles. The zero-order valence-corrected chi connectivity index (χ0v) is 14.0. The fourth-order valence-electron chi connectivity index (χ4n) is 1.74. The number of hydrogen-bond donors (Lipinski definition) is 0. The maximum Gasteiger partial charge on any atom is 0.124 e. The summed E-state index contributed by atoms with van der Waals surface area (Å²) in [5.74, 6) is 1.17. The third-order valence-electron chi connectivity index (χ3n) is 2.80. The van der Waals surface area contributed by atoms with Crippen LogP contribution in [-0.2, 0) is 11.9 Å². The molecule has 106 valence electrons. The van der Waals surface area contributed by atoms with Crippen LogP contribution < -0.4 is 9.47 Å². The van der Waals surface area contributed by atoms with Crippen LogP contribution in [0.15, 0.2) is 40.9 Å². The predicted molar refractivity (Wildman–Crippen MR) is 84.1 cm³/mol. The highest BCUT2D eigenvalue weighted by Crippen LogP contribution is 2.26. The first-order valence-corrected chi connectivity index (χ1v) is 7.85. The Morgan fingerprint density at radius 1 is 1.10 bits per heavy atom. The van der Waals surface area contributed by atoms with Crippen molar-refractivity contribution in [2.24, 2.45) is 0 Å². The molecule has 2 nitrogen and oxygen atoms in total. The number of halogens is 3. The topological polar surface area (TPSA) is 18.5 Å². The van der Waals surface area contributed by atoms with Crippen molar-refractivity contribution >= 4 is 31.9 Å². The van der Waals surface area contributed by atoms with Gasteiger partial charge in [-0.25, -0.2) is 4.39 Å². The predicted octanol–water partition coefficient (Wildman–Crippen LogP) is 5.07. The van der Waals surface area contributed by atoms with Crippen molar-refractivity contribution in [3.05, 3.63) is 57.8 Å². The summed E-state index contributed by atoms with van der Waals surface area (Å²) in [4.78, 5) is 0. The lowest BCUT2D eigenvalue weighted by molar-refractivity contribution is 0.301. The van der Waals surface area contributed by atoms with E-state index in [0.29, 0.717) is 17.7 Å². The van der Waals surface area contributed by atoms with Gasteiger partial charge in [-0.15, -0.1) is 0 Å². The Hall–Kier alpha value is -1.07. The van der Waals surface area contributed by atoms with Gasteiger partial charge in [0.2, 0.25) is 0 Å². The van der Waals surface area contributed by atoms with Crippen LogP contribution in [0.25, 0.3) is 0 Å². The van der Waals surface area contributed by atoms with Gasteiger partial charge in [-0.3, -0.25) is 0 Å². The quantitative estimate of drug-likeness (QED) is 0.648. The highest BCUT2D eigenvalue weighted by molar-refractivity contribution is 9.10. The maximum absolute atomic E-state index is 13.2. The molecule has 0 saturated carbocycles. The van der Waals surface area contributed by atoms with Gasteiger partial charge in [0.1, 0.15) is 23.9 Å². The Bertz CT molecular complexity index is 602. The van der Waals surface area contributed by atoms with Gasteiger partial charge < -0.3 is 9.47 Å². The van der Waals surface area contributed by atoms with E-state index in [0.717, 1.165) is 21.3 Å². The zero-order valence-electron chi connectivity index (χ0n) is 10.8. The van der Waals surface area contributed by atoms with Gasteiger partial charge in [0.15, 0.2) is 0 Å². The number of rotatable bonds is 5. The smallest absolute Gasteiger partial charge is 0.124 e. The molecule has 0 spiro atoms. The van der Waals surface area contributed by atoms with Crippen LogP contribution in [-0.4, -0.2) is 7.11 Å². The number of ether oxygens (including phenoxy) is 2. The Balaban J connectivity index is 2.16. The fourth-order valence-corrected chi connectivity index (χ4v) is 2.54. The van der Waals surface area contributed by atoms with Crippen molar-refractivity contribution in [2.75, 3.05) is 7.11 Å². The maximum atomic E-state index is 13.2. The van der Waals surface area contributed by atoms with Crippen LogP contribution in [0.1, 0.15) is 11.1 Å². The molecule has 2 rings (SSSR count). The van der Waals surface area contributed by atoms with Crippen LogP contribution in [0.4, 0.5) is 4.39 Å². The lowest BCUT2D eigenvalue weighted by Gasteiger charge is -2.12. The second kappa shape index (κ2) is 7.09. The normalized spacial score (nSPS) is 10.4. The molecule has 0 unspecified atom stereocenters. The number of benzene rings is 2. The average molecular weight is 404 g/mol. The van der Waals surface area contributed by atoms with E-state index in [9.17, 15) is 4.39 Å². The molecule has 0 saturated heterocycles. The second-order valence-corrected chi connectivity index (χ2v) is 5.55. The highest BCUT2D eigenvalue weighted by Gasteiger charge is 2.07. The molecule has 0 radical (unpaired) electrons. The van der Waals surface area contributed by atoms with E-state index in [2.05, 4.69) is 31.9 Å². The van der Waals surface area contributed by atoms with Gasteiger partial charge in [-0.1, -0.05) is 31.9 Å². The fraction of sp³-hybridized carbons (Fsp3) is 0.200. The van der Waals surface area contributed by atoms with Gasteiger partial charge in [0, 0.05) is 20.9 Å². The van der Waals surface area contributed by atoms with E-state index in [1.807, 2.05) is 18.2 Å². The van der Waals surface area contributed by atoms with Crippen LogP contribution in [0.2, 0.25) is 0 Å². The summed E-state index contributed by atoms with van der Waals surface area (Å²) in [6.45, 7) is 0.378. The van der Waals surface area contributed by atoms with Crippen LogP contribution in [0.5, 0.6) is 11.5 Å². The molecule has 0 atom stereocenters. The van der Waals surface area contributed by atoms with Crippen molar-refractivity contribution in [1.29, 1.82) is 0 Å². The van der Waals surface area contributed by atoms with Crippen molar-refractivity contribution in [3.63, 3.8) is 0 Å². The van der Waals surface area contributed by atoms with E-state index < -0.39 is 0 Å². The number of methoxy groups -OCH3 is 1. The molecule has 20 heavy (non-hydrogen) atoms. The van der Waals surface area contributed by atoms with Gasteiger partial charge >= 0.3 is 0 Å². The second-order valence-electron chi connectivity index (χ2n) is 4.13. The lowest BCUT2D eigenvalue weighted by Crippen LogP contribution is -1.99. The minimum absolute atomic E-state index is 0.269. The third-order valence-corrected chi connectivity index (χ3v) is 4.18. The van der Waals surface area contributed by atoms with Crippen LogP contribution in [0, 0.1) is 5.82 Å². The molecule has 2 aromatic rings. The molecule has 0 aliphatic rings. The SMILES string of the molecule is COc1ccc(Br)c(COc2ccc(F)cc2CBr)c1. The summed E-state index contributed by atoms with van der Waals surface area (Å²) in [5, 5.41) is 0.541. The summed E-state index contributed by atoms with van der Waals surface area (Å²) in [6.07, 6.45) is 0. The summed E-state index contributed by atoms with van der Waals surface area (Å²) in [6, 6.07) is 10.2. The van der Waals surface area contributed by atoms with Crippen molar-refractivity contribution in [1.82, 2.24) is 0 Å². The first-order valence-electron chi connectivity index (χ1n) is 5.93. The molecule has 0 aliphatic heterocycles. The Morgan fingerprint density at radius 2 is 1.90 bits per heavy atom. The Morgan fingerprint density at radius 3 is 2.60 bits per heavy atom. The summed E-state index contributed by atoms with van der Waals surface area (Å²) >= 11 is 6.81. The minimum atomic E-state index is -0.269. The Labute approximate surface area is 134 Å². The third kappa shape index (κ3) is 3.73. The summed E-state index contributed by atoms with van der Waals surface area (Å²) in [7, 11) is 1.62. The van der Waals surface area contributed by atoms with Crippen molar-refractivity contribution in [3.8, 4) is 11.5 Å². The van der Waals surface area contributed by atoms with E-state index in [1.54, 1.807) is 13.2 Å². The molecule has 0 heterocycles. The van der Waals surface area contributed by atoms with E-state index in [1.165, 1.54) is 12.1 Å². The first kappa shape index (κ1) is 15.3. The van der Waals surface area contributed by atoms with Crippen LogP contribution in [0.3, 0.4) is 0 Å². The van der Waals surface area contributed by atoms with E-state index >= 15 is 0 Å². The van der Waals surface area contributed by atoms with E-state index in [4.69, 9.17) is 9.47 Å². The lowest BCUT2D eigenvalue weighted by atomic mass is 10.2. The standard InChI is InChI=1S/C15H13Br2FO2/c1-19-13-3-4-14(17)11(7-13)9-20-15-5-2-12(18)6-10(15)8-16/h2-7H,8-9H2,1H3. The van der Waals surface area contributed by atoms with Crippen molar-refractivity contribution < 1.29 is 13.9 Å². The summed E-state index contributed by atoms with van der Waals surface area (Å²) < 4.78 is 25.1. The Kier molecular flexibility index (Phi) is 5.43. The molecule has 0 N–H and O–H groups in total. The molecule has 0 bridgehead atoms. The largest absolute Gasteiger partial charge is 0.497 e. The molecule has 0 aliphatic carbocycles. The van der Waals surface area contributed by atoms with Crippen LogP contribution >= 0.6 is 31.9 Å². The molecule has 5 heteroatoms. The van der Waals surface area contributed by atoms with Gasteiger partial charge in [0.05, 0.1) is 7.11 Å². The number of hydrogen-bond acceptors (Lipinski definition) is 2. The molecule has 0 fully saturated rings. The summed E-state index contributed by atoms with van der Waals surface area (Å²) in [5.41, 5.74) is 1.75. The highest BCUT2D eigenvalue weighted by atomic mass is 79.9. The monoisotopic (exact) mass is 402 g/mol. The molecular formula is C15H13Br2FO2. The first-order chi connectivity index (χ1) is 9.63. The van der Waals surface area contributed by atoms with Crippen molar-refractivity contribution in [2.45, 2.75) is 11.9 Å².